The number of carboxylic acid groups (broad SMARTS) is 1. The highest BCUT2D eigenvalue weighted by Gasteiger charge is 2.25. The Kier molecular flexibility index (Phi) is 9.70. The molecule has 4 aromatic rings. The monoisotopic (exact) mass is 610 g/mol. The van der Waals surface area contributed by atoms with Gasteiger partial charge in [0.25, 0.3) is 0 Å². The smallest absolute Gasteiger partial charge is 0.408 e. The molecule has 0 saturated carbocycles. The fourth-order valence-corrected chi connectivity index (χ4v) is 4.89. The Hall–Kier alpha value is -4.14. The predicted molar refractivity (Wildman–Crippen MR) is 164 cm³/mol. The molecule has 0 aliphatic carbocycles. The van der Waals surface area contributed by atoms with Gasteiger partial charge in [0.1, 0.15) is 30.6 Å². The molecule has 1 amide bonds. The Labute approximate surface area is 254 Å². The third-order valence-electron chi connectivity index (χ3n) is 6.15. The molecule has 0 bridgehead atoms. The summed E-state index contributed by atoms with van der Waals surface area (Å²) >= 11 is 13.0. The van der Waals surface area contributed by atoms with Crippen LogP contribution in [-0.2, 0) is 29.2 Å². The minimum atomic E-state index is -1.26. The summed E-state index contributed by atoms with van der Waals surface area (Å²) in [7, 11) is 0. The lowest BCUT2D eigenvalue weighted by Crippen LogP contribution is -2.44. The Bertz CT molecular complexity index is 1580. The number of nitrogen functional groups attached to an aromatic ring is 1. The highest BCUT2D eigenvalue weighted by atomic mass is 35.5. The molecule has 0 aliphatic heterocycles. The van der Waals surface area contributed by atoms with Crippen LogP contribution in [-0.4, -0.2) is 28.8 Å². The van der Waals surface area contributed by atoms with Gasteiger partial charge in [0.2, 0.25) is 0 Å². The second kappa shape index (κ2) is 13.2. The Morgan fingerprint density at radius 1 is 0.881 bits per heavy atom. The van der Waals surface area contributed by atoms with Gasteiger partial charge in [-0.3, -0.25) is 0 Å². The molecule has 0 heterocycles. The van der Waals surface area contributed by atoms with Crippen LogP contribution < -0.4 is 20.5 Å². The molecule has 1 atom stereocenters. The van der Waals surface area contributed by atoms with Gasteiger partial charge < -0.3 is 30.4 Å². The minimum Gasteiger partial charge on any atom is -0.488 e. The molecule has 0 radical (unpaired) electrons. The maximum absolute atomic E-state index is 12.1. The van der Waals surface area contributed by atoms with Crippen LogP contribution >= 0.6 is 23.2 Å². The number of hydrogen-bond donors (Lipinski definition) is 3. The number of carboxylic acids is 1. The first-order valence-corrected chi connectivity index (χ1v) is 14.0. The predicted octanol–water partition coefficient (Wildman–Crippen LogP) is 7.41. The third-order valence-corrected chi connectivity index (χ3v) is 6.71. The Balaban J connectivity index is 1.44. The van der Waals surface area contributed by atoms with E-state index in [1.165, 1.54) is 0 Å². The SMILES string of the molecule is CC(C)(C)OC(=O)N[C@@H](Cc1cc(Cl)c(OCc2cc(N)ccc2OCc2ccc3ccccc3c2)c(Cl)c1)C(=O)O. The summed E-state index contributed by atoms with van der Waals surface area (Å²) in [6, 6.07) is 21.4. The molecule has 8 nitrogen and oxygen atoms in total. The van der Waals surface area contributed by atoms with Crippen LogP contribution in [0.25, 0.3) is 10.8 Å². The first-order valence-electron chi connectivity index (χ1n) is 13.2. The number of ether oxygens (including phenoxy) is 3. The van der Waals surface area contributed by atoms with Gasteiger partial charge in [-0.15, -0.1) is 0 Å². The maximum atomic E-state index is 12.1. The van der Waals surface area contributed by atoms with E-state index in [1.54, 1.807) is 51.1 Å². The van der Waals surface area contributed by atoms with Crippen molar-refractivity contribution in [1.29, 1.82) is 0 Å². The van der Waals surface area contributed by atoms with Gasteiger partial charge in [-0.05, 0) is 79.1 Å². The van der Waals surface area contributed by atoms with Crippen LogP contribution in [0, 0.1) is 0 Å². The molecule has 0 unspecified atom stereocenters. The standard InChI is InChI=1S/C32H32Cl2N2O6/c1-32(2,3)42-31(39)36-27(30(37)38)15-20-13-25(33)29(26(34)14-20)41-18-23-16-24(35)10-11-28(23)40-17-19-8-9-21-6-4-5-7-22(21)12-19/h4-14,16,27H,15,17-18,35H2,1-3H3,(H,36,39)(H,37,38)/t27-/m0/s1. The number of fused-ring (bicyclic) bond motifs is 1. The van der Waals surface area contributed by atoms with E-state index in [-0.39, 0.29) is 28.8 Å². The number of hydrogen-bond acceptors (Lipinski definition) is 6. The van der Waals surface area contributed by atoms with E-state index in [0.717, 1.165) is 16.3 Å². The van der Waals surface area contributed by atoms with Crippen molar-refractivity contribution in [3.63, 3.8) is 0 Å². The number of carbonyl (C=O) groups excluding carboxylic acids is 1. The minimum absolute atomic E-state index is 0.0643. The second-order valence-electron chi connectivity index (χ2n) is 10.8. The highest BCUT2D eigenvalue weighted by Crippen LogP contribution is 2.36. The summed E-state index contributed by atoms with van der Waals surface area (Å²) in [5.74, 6) is -0.415. The van der Waals surface area contributed by atoms with Crippen molar-refractivity contribution in [2.45, 2.75) is 52.0 Å². The molecule has 4 N–H and O–H groups in total. The molecule has 220 valence electrons. The van der Waals surface area contributed by atoms with E-state index in [2.05, 4.69) is 29.6 Å². The van der Waals surface area contributed by atoms with Crippen LogP contribution in [0.3, 0.4) is 0 Å². The number of nitrogens with one attached hydrogen (secondary N) is 1. The average Bonchev–Trinajstić information content (AvgIpc) is 2.90. The third kappa shape index (κ3) is 8.44. The van der Waals surface area contributed by atoms with E-state index in [1.807, 2.05) is 18.2 Å². The lowest BCUT2D eigenvalue weighted by molar-refractivity contribution is -0.139. The molecule has 0 spiro atoms. The molecule has 4 rings (SSSR count). The summed E-state index contributed by atoms with van der Waals surface area (Å²) in [5.41, 5.74) is 8.00. The zero-order chi connectivity index (χ0) is 30.4. The number of aliphatic carboxylic acids is 1. The number of amides is 1. The Morgan fingerprint density at radius 2 is 1.57 bits per heavy atom. The summed E-state index contributed by atoms with van der Waals surface area (Å²) in [4.78, 5) is 23.9. The fraction of sp³-hybridized carbons (Fsp3) is 0.250. The molecular weight excluding hydrogens is 579 g/mol. The summed E-state index contributed by atoms with van der Waals surface area (Å²) in [5, 5.41) is 14.6. The van der Waals surface area contributed by atoms with Crippen molar-refractivity contribution >= 4 is 51.7 Å². The molecule has 10 heteroatoms. The van der Waals surface area contributed by atoms with Crippen molar-refractivity contribution in [3.8, 4) is 11.5 Å². The number of carbonyl (C=O) groups is 2. The van der Waals surface area contributed by atoms with Crippen molar-refractivity contribution < 1.29 is 28.9 Å². The van der Waals surface area contributed by atoms with Crippen molar-refractivity contribution in [1.82, 2.24) is 5.32 Å². The van der Waals surface area contributed by atoms with Crippen LogP contribution in [0.4, 0.5) is 10.5 Å². The van der Waals surface area contributed by atoms with Gasteiger partial charge in [0.15, 0.2) is 5.75 Å². The van der Waals surface area contributed by atoms with Gasteiger partial charge >= 0.3 is 12.1 Å². The number of halogens is 2. The van der Waals surface area contributed by atoms with Crippen LogP contribution in [0.1, 0.15) is 37.5 Å². The topological polar surface area (TPSA) is 120 Å². The summed E-state index contributed by atoms with van der Waals surface area (Å²) in [6.45, 7) is 5.47. The van der Waals surface area contributed by atoms with Gasteiger partial charge in [-0.25, -0.2) is 9.59 Å². The van der Waals surface area contributed by atoms with Crippen LogP contribution in [0.15, 0.2) is 72.8 Å². The maximum Gasteiger partial charge on any atom is 0.408 e. The van der Waals surface area contributed by atoms with E-state index >= 15 is 0 Å². The second-order valence-corrected chi connectivity index (χ2v) is 11.6. The largest absolute Gasteiger partial charge is 0.488 e. The van der Waals surface area contributed by atoms with Crippen LogP contribution in [0.2, 0.25) is 10.0 Å². The molecule has 0 saturated heterocycles. The van der Waals surface area contributed by atoms with Crippen LogP contribution in [0.5, 0.6) is 11.5 Å². The number of nitrogens with two attached hydrogens (primary N) is 1. The van der Waals surface area contributed by atoms with Crippen molar-refractivity contribution in [2.24, 2.45) is 0 Å². The lowest BCUT2D eigenvalue weighted by atomic mass is 10.1. The summed E-state index contributed by atoms with van der Waals surface area (Å²) in [6.07, 6.45) is -0.913. The van der Waals surface area contributed by atoms with E-state index < -0.39 is 23.7 Å². The van der Waals surface area contributed by atoms with Crippen molar-refractivity contribution in [3.05, 3.63) is 99.5 Å². The lowest BCUT2D eigenvalue weighted by Gasteiger charge is -2.22. The average molecular weight is 612 g/mol. The normalized spacial score (nSPS) is 12.0. The highest BCUT2D eigenvalue weighted by molar-refractivity contribution is 6.37. The number of rotatable bonds is 10. The molecule has 0 fully saturated rings. The molecular formula is C32H32Cl2N2O6. The van der Waals surface area contributed by atoms with Gasteiger partial charge in [0.05, 0.1) is 10.0 Å². The summed E-state index contributed by atoms with van der Waals surface area (Å²) < 4.78 is 17.3. The van der Waals surface area contributed by atoms with E-state index in [0.29, 0.717) is 29.2 Å². The molecule has 4 aromatic carbocycles. The Morgan fingerprint density at radius 3 is 2.24 bits per heavy atom. The number of alkyl carbamates (subject to hydrolysis) is 1. The van der Waals surface area contributed by atoms with E-state index in [4.69, 9.17) is 43.1 Å². The quantitative estimate of drug-likeness (QED) is 0.160. The molecule has 0 aromatic heterocycles. The first kappa shape index (κ1) is 30.8. The first-order chi connectivity index (χ1) is 19.9. The zero-order valence-corrected chi connectivity index (χ0v) is 25.0. The fourth-order valence-electron chi connectivity index (χ4n) is 4.25. The van der Waals surface area contributed by atoms with E-state index in [9.17, 15) is 14.7 Å². The van der Waals surface area contributed by atoms with Gasteiger partial charge in [0, 0.05) is 17.7 Å². The van der Waals surface area contributed by atoms with Gasteiger partial charge in [-0.1, -0.05) is 59.6 Å². The molecule has 42 heavy (non-hydrogen) atoms. The molecule has 0 aliphatic rings. The number of anilines is 1. The van der Waals surface area contributed by atoms with Gasteiger partial charge in [-0.2, -0.15) is 0 Å². The zero-order valence-electron chi connectivity index (χ0n) is 23.4. The number of benzene rings is 4. The van der Waals surface area contributed by atoms with Crippen molar-refractivity contribution in [2.75, 3.05) is 5.73 Å².